The third-order valence-corrected chi connectivity index (χ3v) is 4.92. The zero-order valence-corrected chi connectivity index (χ0v) is 12.8. The Morgan fingerprint density at radius 2 is 2.26 bits per heavy atom. The van der Waals surface area contributed by atoms with Crippen molar-refractivity contribution in [3.05, 3.63) is 27.7 Å². The van der Waals surface area contributed by atoms with Crippen LogP contribution in [0.15, 0.2) is 16.6 Å². The van der Waals surface area contributed by atoms with Gasteiger partial charge in [0.25, 0.3) is 0 Å². The highest BCUT2D eigenvalue weighted by atomic mass is 79.9. The molecule has 3 nitrogen and oxygen atoms in total. The lowest BCUT2D eigenvalue weighted by atomic mass is 9.74. The van der Waals surface area contributed by atoms with Gasteiger partial charge in [0, 0.05) is 29.6 Å². The fourth-order valence-corrected chi connectivity index (χ4v) is 3.67. The number of benzene rings is 1. The van der Waals surface area contributed by atoms with E-state index in [-0.39, 0.29) is 11.6 Å². The van der Waals surface area contributed by atoms with Gasteiger partial charge in [0.1, 0.15) is 5.75 Å². The van der Waals surface area contributed by atoms with Gasteiger partial charge in [0.05, 0.1) is 12.2 Å². The zero-order chi connectivity index (χ0) is 13.5. The summed E-state index contributed by atoms with van der Waals surface area (Å²) in [6.45, 7) is 0.765. The summed E-state index contributed by atoms with van der Waals surface area (Å²) in [5, 5.41) is 0. The first-order valence-corrected chi connectivity index (χ1v) is 7.69. The minimum absolute atomic E-state index is 0.00672. The van der Waals surface area contributed by atoms with Gasteiger partial charge in [-0.25, -0.2) is 0 Å². The number of hydrogen-bond acceptors (Lipinski definition) is 3. The Balaban J connectivity index is 1.85. The average Bonchev–Trinajstić information content (AvgIpc) is 2.80. The van der Waals surface area contributed by atoms with E-state index in [1.54, 1.807) is 7.11 Å². The van der Waals surface area contributed by atoms with Crippen molar-refractivity contribution >= 4 is 15.9 Å². The van der Waals surface area contributed by atoms with Crippen molar-refractivity contribution < 1.29 is 9.47 Å². The summed E-state index contributed by atoms with van der Waals surface area (Å²) in [6, 6.07) is 4.20. The molecule has 3 rings (SSSR count). The summed E-state index contributed by atoms with van der Waals surface area (Å²) in [4.78, 5) is 0. The normalized spacial score (nSPS) is 21.4. The van der Waals surface area contributed by atoms with Gasteiger partial charge in [-0.1, -0.05) is 15.9 Å². The second-order valence-electron chi connectivity index (χ2n) is 5.63. The first-order chi connectivity index (χ1) is 9.13. The van der Waals surface area contributed by atoms with Crippen molar-refractivity contribution in [2.24, 2.45) is 5.73 Å². The van der Waals surface area contributed by atoms with Crippen LogP contribution in [-0.2, 0) is 11.2 Å². The van der Waals surface area contributed by atoms with Crippen LogP contribution < -0.4 is 10.5 Å². The van der Waals surface area contributed by atoms with Crippen LogP contribution in [0.2, 0.25) is 0 Å². The van der Waals surface area contributed by atoms with E-state index in [1.165, 1.54) is 12.0 Å². The maximum Gasteiger partial charge on any atom is 0.127 e. The summed E-state index contributed by atoms with van der Waals surface area (Å²) >= 11 is 3.57. The lowest BCUT2D eigenvalue weighted by Gasteiger charge is -2.42. The first-order valence-electron chi connectivity index (χ1n) is 6.89. The Hall–Kier alpha value is -0.580. The molecular weight excluding hydrogens is 306 g/mol. The minimum atomic E-state index is -0.0235. The molecule has 2 aliphatic rings. The second-order valence-corrected chi connectivity index (χ2v) is 6.55. The summed E-state index contributed by atoms with van der Waals surface area (Å²) in [5.41, 5.74) is 8.80. The standard InChI is InChI=1S/C15H20BrNO2/c1-18-15(4-2-5-15)9-13(17)12-8-11(16)7-10-3-6-19-14(10)12/h7-8,13H,2-6,9,17H2,1H3. The van der Waals surface area contributed by atoms with E-state index >= 15 is 0 Å². The molecule has 0 amide bonds. The summed E-state index contributed by atoms with van der Waals surface area (Å²) in [6.07, 6.45) is 5.33. The minimum Gasteiger partial charge on any atom is -0.493 e. The summed E-state index contributed by atoms with van der Waals surface area (Å²) < 4.78 is 12.5. The highest BCUT2D eigenvalue weighted by Crippen LogP contribution is 2.44. The molecule has 1 saturated carbocycles. The van der Waals surface area contributed by atoms with Crippen LogP contribution in [0.25, 0.3) is 0 Å². The van der Waals surface area contributed by atoms with E-state index in [4.69, 9.17) is 15.2 Å². The molecular formula is C15H20BrNO2. The van der Waals surface area contributed by atoms with Crippen molar-refractivity contribution in [3.8, 4) is 5.75 Å². The van der Waals surface area contributed by atoms with Crippen molar-refractivity contribution in [2.45, 2.75) is 43.7 Å². The molecule has 104 valence electrons. The van der Waals surface area contributed by atoms with Gasteiger partial charge in [0.2, 0.25) is 0 Å². The number of fused-ring (bicyclic) bond motifs is 1. The van der Waals surface area contributed by atoms with Gasteiger partial charge in [-0.2, -0.15) is 0 Å². The fraction of sp³-hybridized carbons (Fsp3) is 0.600. The van der Waals surface area contributed by atoms with E-state index in [9.17, 15) is 0 Å². The zero-order valence-electron chi connectivity index (χ0n) is 11.2. The number of rotatable bonds is 4. The average molecular weight is 326 g/mol. The molecule has 1 aliphatic heterocycles. The second kappa shape index (κ2) is 5.08. The van der Waals surface area contributed by atoms with Crippen molar-refractivity contribution in [1.82, 2.24) is 0 Å². The molecule has 0 radical (unpaired) electrons. The predicted molar refractivity (Wildman–Crippen MR) is 78.5 cm³/mol. The van der Waals surface area contributed by atoms with Crippen LogP contribution in [0, 0.1) is 0 Å². The molecule has 19 heavy (non-hydrogen) atoms. The maximum atomic E-state index is 6.43. The first kappa shape index (κ1) is 13.4. The molecule has 0 bridgehead atoms. The summed E-state index contributed by atoms with van der Waals surface area (Å²) in [5.74, 6) is 1.00. The van der Waals surface area contributed by atoms with Gasteiger partial charge in [-0.05, 0) is 43.4 Å². The smallest absolute Gasteiger partial charge is 0.127 e. The van der Waals surface area contributed by atoms with Crippen LogP contribution in [0.3, 0.4) is 0 Å². The molecule has 1 heterocycles. The van der Waals surface area contributed by atoms with Crippen LogP contribution in [0.1, 0.15) is 42.9 Å². The highest BCUT2D eigenvalue weighted by molar-refractivity contribution is 9.10. The molecule has 1 unspecified atom stereocenters. The highest BCUT2D eigenvalue weighted by Gasteiger charge is 2.39. The Morgan fingerprint density at radius 1 is 1.47 bits per heavy atom. The van der Waals surface area contributed by atoms with Gasteiger partial charge < -0.3 is 15.2 Å². The molecule has 0 saturated heterocycles. The van der Waals surface area contributed by atoms with Crippen LogP contribution in [0.4, 0.5) is 0 Å². The van der Waals surface area contributed by atoms with Crippen molar-refractivity contribution in [3.63, 3.8) is 0 Å². The van der Waals surface area contributed by atoms with E-state index in [2.05, 4.69) is 28.1 Å². The number of halogens is 1. The Morgan fingerprint density at radius 3 is 2.89 bits per heavy atom. The van der Waals surface area contributed by atoms with Gasteiger partial charge in [0.15, 0.2) is 0 Å². The van der Waals surface area contributed by atoms with E-state index in [0.717, 1.165) is 48.1 Å². The lowest BCUT2D eigenvalue weighted by molar-refractivity contribution is -0.0817. The maximum absolute atomic E-state index is 6.43. The fourth-order valence-electron chi connectivity index (χ4n) is 3.15. The van der Waals surface area contributed by atoms with Crippen LogP contribution in [-0.4, -0.2) is 19.3 Å². The largest absolute Gasteiger partial charge is 0.493 e. The molecule has 0 aromatic heterocycles. The van der Waals surface area contributed by atoms with Gasteiger partial charge in [-0.3, -0.25) is 0 Å². The third-order valence-electron chi connectivity index (χ3n) is 4.47. The molecule has 1 aromatic carbocycles. The number of hydrogen-bond donors (Lipinski definition) is 1. The third kappa shape index (κ3) is 2.41. The Bertz CT molecular complexity index is 480. The van der Waals surface area contributed by atoms with Crippen molar-refractivity contribution in [1.29, 1.82) is 0 Å². The molecule has 1 aliphatic carbocycles. The predicted octanol–water partition coefficient (Wildman–Crippen LogP) is 3.34. The number of methoxy groups -OCH3 is 1. The summed E-state index contributed by atoms with van der Waals surface area (Å²) in [7, 11) is 1.80. The number of ether oxygens (including phenoxy) is 2. The van der Waals surface area contributed by atoms with Gasteiger partial charge >= 0.3 is 0 Å². The number of nitrogens with two attached hydrogens (primary N) is 1. The molecule has 4 heteroatoms. The monoisotopic (exact) mass is 325 g/mol. The Kier molecular flexibility index (Phi) is 3.58. The SMILES string of the molecule is COC1(CC(N)c2cc(Br)cc3c2OCC3)CCC1. The van der Waals surface area contributed by atoms with Crippen molar-refractivity contribution in [2.75, 3.05) is 13.7 Å². The molecule has 0 spiro atoms. The van der Waals surface area contributed by atoms with Crippen LogP contribution >= 0.6 is 15.9 Å². The van der Waals surface area contributed by atoms with E-state index in [0.29, 0.717) is 0 Å². The van der Waals surface area contributed by atoms with E-state index in [1.807, 2.05) is 0 Å². The van der Waals surface area contributed by atoms with Crippen LogP contribution in [0.5, 0.6) is 5.75 Å². The lowest BCUT2D eigenvalue weighted by Crippen LogP contribution is -2.41. The molecule has 1 fully saturated rings. The molecule has 1 aromatic rings. The van der Waals surface area contributed by atoms with Gasteiger partial charge in [-0.15, -0.1) is 0 Å². The quantitative estimate of drug-likeness (QED) is 0.923. The molecule has 1 atom stereocenters. The molecule has 2 N–H and O–H groups in total. The van der Waals surface area contributed by atoms with E-state index < -0.39 is 0 Å². The topological polar surface area (TPSA) is 44.5 Å². The Labute approximate surface area is 122 Å².